The maximum Gasteiger partial charge on any atom is 0.340 e. The van der Waals surface area contributed by atoms with Gasteiger partial charge in [0.25, 0.3) is 5.91 Å². The lowest BCUT2D eigenvalue weighted by Gasteiger charge is -2.37. The third-order valence-corrected chi connectivity index (χ3v) is 6.54. The van der Waals surface area contributed by atoms with Crippen molar-refractivity contribution in [3.05, 3.63) is 76.9 Å². The van der Waals surface area contributed by atoms with E-state index in [9.17, 15) is 9.59 Å². The summed E-state index contributed by atoms with van der Waals surface area (Å²) in [4.78, 5) is 37.7. The molecular weight excluding hydrogens is 454 g/mol. The van der Waals surface area contributed by atoms with Gasteiger partial charge in [-0.25, -0.2) is 4.79 Å². The molecule has 8 heteroatoms. The Kier molecular flexibility index (Phi) is 8.05. The van der Waals surface area contributed by atoms with E-state index in [-0.39, 0.29) is 12.0 Å². The van der Waals surface area contributed by atoms with Crippen LogP contribution in [0.3, 0.4) is 0 Å². The maximum absolute atomic E-state index is 13.2. The summed E-state index contributed by atoms with van der Waals surface area (Å²) >= 11 is 0. The highest BCUT2D eigenvalue weighted by atomic mass is 16.5. The zero-order valence-electron chi connectivity index (χ0n) is 21.5. The Hall–Kier alpha value is -3.65. The SMILES string of the molecule is Cc1[nH]c(C(=O)Nc2ccccc2N2CCN(CCc3ccncc3)CC2)c(C)c1C(=O)OC(C)C. The maximum atomic E-state index is 13.2. The number of anilines is 2. The van der Waals surface area contributed by atoms with Crippen molar-refractivity contribution in [2.45, 2.75) is 40.2 Å². The molecule has 2 N–H and O–H groups in total. The molecule has 3 aromatic rings. The van der Waals surface area contributed by atoms with Crippen LogP contribution in [-0.2, 0) is 11.2 Å². The third-order valence-electron chi connectivity index (χ3n) is 6.54. The predicted molar refractivity (Wildman–Crippen MR) is 142 cm³/mol. The lowest BCUT2D eigenvalue weighted by Crippen LogP contribution is -2.47. The van der Waals surface area contributed by atoms with Crippen LogP contribution in [0, 0.1) is 13.8 Å². The number of amides is 1. The predicted octanol–water partition coefficient (Wildman–Crippen LogP) is 4.21. The molecule has 1 saturated heterocycles. The summed E-state index contributed by atoms with van der Waals surface area (Å²) in [5.41, 5.74) is 5.07. The number of esters is 1. The molecular formula is C28H35N5O3. The average molecular weight is 490 g/mol. The van der Waals surface area contributed by atoms with Gasteiger partial charge in [0.15, 0.2) is 0 Å². The molecule has 0 radical (unpaired) electrons. The number of benzene rings is 1. The Morgan fingerprint density at radius 3 is 2.44 bits per heavy atom. The molecule has 1 aliphatic rings. The number of aromatic amines is 1. The lowest BCUT2D eigenvalue weighted by molar-refractivity contribution is 0.0376. The number of hydrogen-bond donors (Lipinski definition) is 2. The number of rotatable bonds is 8. The summed E-state index contributed by atoms with van der Waals surface area (Å²) in [5.74, 6) is -0.694. The van der Waals surface area contributed by atoms with Gasteiger partial charge in [0, 0.05) is 50.8 Å². The van der Waals surface area contributed by atoms with Crippen molar-refractivity contribution in [3.63, 3.8) is 0 Å². The Bertz CT molecular complexity index is 1200. The van der Waals surface area contributed by atoms with Gasteiger partial charge in [-0.2, -0.15) is 0 Å². The van der Waals surface area contributed by atoms with Crippen LogP contribution in [0.5, 0.6) is 0 Å². The standard InChI is InChI=1S/C28H35N5O3/c1-19(2)36-28(35)25-20(3)26(30-21(25)4)27(34)31-23-7-5-6-8-24(23)33-17-15-32(16-18-33)14-11-22-9-12-29-13-10-22/h5-10,12-13,19,30H,11,14-18H2,1-4H3,(H,31,34). The van der Waals surface area contributed by atoms with E-state index in [0.29, 0.717) is 22.5 Å². The fourth-order valence-electron chi connectivity index (χ4n) is 4.65. The smallest absolute Gasteiger partial charge is 0.340 e. The number of ether oxygens (including phenoxy) is 1. The highest BCUT2D eigenvalue weighted by molar-refractivity contribution is 6.08. The first kappa shape index (κ1) is 25.4. The molecule has 0 bridgehead atoms. The van der Waals surface area contributed by atoms with Gasteiger partial charge in [-0.1, -0.05) is 12.1 Å². The number of para-hydroxylation sites is 2. The van der Waals surface area contributed by atoms with Gasteiger partial charge < -0.3 is 19.9 Å². The molecule has 4 rings (SSSR count). The molecule has 190 valence electrons. The Labute approximate surface area is 212 Å². The number of nitrogens with zero attached hydrogens (tertiary/aromatic N) is 3. The second kappa shape index (κ2) is 11.4. The number of H-pyrrole nitrogens is 1. The molecule has 1 amide bonds. The van der Waals surface area contributed by atoms with Crippen LogP contribution in [-0.4, -0.2) is 65.6 Å². The van der Waals surface area contributed by atoms with Gasteiger partial charge in [0.05, 0.1) is 23.0 Å². The van der Waals surface area contributed by atoms with Crippen LogP contribution < -0.4 is 10.2 Å². The molecule has 1 aromatic carbocycles. The number of nitrogens with one attached hydrogen (secondary N) is 2. The van der Waals surface area contributed by atoms with Gasteiger partial charge in [-0.05, 0) is 69.5 Å². The second-order valence-corrected chi connectivity index (χ2v) is 9.48. The minimum absolute atomic E-state index is 0.230. The number of carbonyl (C=O) groups is 2. The molecule has 8 nitrogen and oxygen atoms in total. The van der Waals surface area contributed by atoms with E-state index in [2.05, 4.69) is 37.2 Å². The number of aromatic nitrogens is 2. The Morgan fingerprint density at radius 2 is 1.75 bits per heavy atom. The van der Waals surface area contributed by atoms with E-state index >= 15 is 0 Å². The van der Waals surface area contributed by atoms with Crippen molar-refractivity contribution in [1.82, 2.24) is 14.9 Å². The first-order valence-corrected chi connectivity index (χ1v) is 12.5. The highest BCUT2D eigenvalue weighted by Crippen LogP contribution is 2.28. The van der Waals surface area contributed by atoms with E-state index in [1.807, 2.05) is 36.7 Å². The van der Waals surface area contributed by atoms with Crippen LogP contribution >= 0.6 is 0 Å². The number of hydrogen-bond acceptors (Lipinski definition) is 6. The molecule has 3 heterocycles. The van der Waals surface area contributed by atoms with Crippen molar-refractivity contribution in [1.29, 1.82) is 0 Å². The largest absolute Gasteiger partial charge is 0.459 e. The van der Waals surface area contributed by atoms with Crippen LogP contribution in [0.15, 0.2) is 48.8 Å². The zero-order valence-corrected chi connectivity index (χ0v) is 21.5. The van der Waals surface area contributed by atoms with E-state index in [1.165, 1.54) is 5.56 Å². The average Bonchev–Trinajstić information content (AvgIpc) is 3.17. The fourth-order valence-corrected chi connectivity index (χ4v) is 4.65. The van der Waals surface area contributed by atoms with Gasteiger partial charge in [-0.15, -0.1) is 0 Å². The number of aryl methyl sites for hydroxylation is 1. The lowest BCUT2D eigenvalue weighted by atomic mass is 10.1. The normalized spacial score (nSPS) is 14.2. The summed E-state index contributed by atoms with van der Waals surface area (Å²) in [6.45, 7) is 11.9. The summed E-state index contributed by atoms with van der Waals surface area (Å²) in [5, 5.41) is 3.06. The molecule has 2 aromatic heterocycles. The van der Waals surface area contributed by atoms with E-state index in [0.717, 1.165) is 50.5 Å². The molecule has 0 spiro atoms. The van der Waals surface area contributed by atoms with E-state index in [4.69, 9.17) is 4.74 Å². The fraction of sp³-hybridized carbons (Fsp3) is 0.393. The van der Waals surface area contributed by atoms with Crippen molar-refractivity contribution in [2.24, 2.45) is 0 Å². The van der Waals surface area contributed by atoms with Gasteiger partial charge in [0.2, 0.25) is 0 Å². The first-order chi connectivity index (χ1) is 17.3. The van der Waals surface area contributed by atoms with E-state index < -0.39 is 5.97 Å². The van der Waals surface area contributed by atoms with Gasteiger partial charge in [-0.3, -0.25) is 14.7 Å². The molecule has 0 saturated carbocycles. The Morgan fingerprint density at radius 1 is 1.06 bits per heavy atom. The second-order valence-electron chi connectivity index (χ2n) is 9.48. The van der Waals surface area contributed by atoms with Gasteiger partial charge >= 0.3 is 5.97 Å². The quantitative estimate of drug-likeness (QED) is 0.461. The number of pyridine rings is 1. The molecule has 1 fully saturated rings. The van der Waals surface area contributed by atoms with Crippen LogP contribution in [0.25, 0.3) is 0 Å². The highest BCUT2D eigenvalue weighted by Gasteiger charge is 2.25. The van der Waals surface area contributed by atoms with Crippen LogP contribution in [0.1, 0.15) is 51.5 Å². The van der Waals surface area contributed by atoms with Crippen molar-refractivity contribution in [3.8, 4) is 0 Å². The summed E-state index contributed by atoms with van der Waals surface area (Å²) < 4.78 is 5.35. The number of carbonyl (C=O) groups excluding carboxylic acids is 2. The summed E-state index contributed by atoms with van der Waals surface area (Å²) in [6, 6.07) is 12.0. The molecule has 0 aliphatic carbocycles. The summed E-state index contributed by atoms with van der Waals surface area (Å²) in [7, 11) is 0. The van der Waals surface area contributed by atoms with E-state index in [1.54, 1.807) is 27.7 Å². The topological polar surface area (TPSA) is 90.6 Å². The van der Waals surface area contributed by atoms with Crippen LogP contribution in [0.2, 0.25) is 0 Å². The minimum atomic E-state index is -0.419. The monoisotopic (exact) mass is 489 g/mol. The number of piperazine rings is 1. The molecule has 0 unspecified atom stereocenters. The third kappa shape index (κ3) is 5.94. The molecule has 1 aliphatic heterocycles. The molecule has 36 heavy (non-hydrogen) atoms. The van der Waals surface area contributed by atoms with Crippen molar-refractivity contribution in [2.75, 3.05) is 42.9 Å². The molecule has 0 atom stereocenters. The Balaban J connectivity index is 1.41. The van der Waals surface area contributed by atoms with Crippen molar-refractivity contribution < 1.29 is 14.3 Å². The summed E-state index contributed by atoms with van der Waals surface area (Å²) in [6.07, 6.45) is 4.46. The zero-order chi connectivity index (χ0) is 25.7. The van der Waals surface area contributed by atoms with Crippen molar-refractivity contribution >= 4 is 23.3 Å². The van der Waals surface area contributed by atoms with Crippen LogP contribution in [0.4, 0.5) is 11.4 Å². The first-order valence-electron chi connectivity index (χ1n) is 12.5. The van der Waals surface area contributed by atoms with Gasteiger partial charge in [0.1, 0.15) is 5.69 Å². The minimum Gasteiger partial charge on any atom is -0.459 e.